The number of pyridine rings is 1. The Balaban J connectivity index is 2.44. The number of carbonyl (C=O) groups excluding carboxylic acids is 1. The number of urea groups is 1. The van der Waals surface area contributed by atoms with Crippen LogP contribution in [0.25, 0.3) is 22.0 Å². The maximum absolute atomic E-state index is 12.0. The van der Waals surface area contributed by atoms with E-state index in [4.69, 9.17) is 22.3 Å². The number of benzene rings is 1. The van der Waals surface area contributed by atoms with Crippen molar-refractivity contribution in [1.29, 1.82) is 10.8 Å². The van der Waals surface area contributed by atoms with Gasteiger partial charge in [-0.05, 0) is 30.7 Å². The molecule has 0 aliphatic rings. The van der Waals surface area contributed by atoms with Crippen molar-refractivity contribution in [2.24, 2.45) is 11.5 Å². The number of hydrogen-bond donors (Lipinski definition) is 7. The number of allylic oxidation sites excluding steroid dienone is 2. The van der Waals surface area contributed by atoms with Crippen molar-refractivity contribution in [3.05, 3.63) is 47.9 Å². The third-order valence-electron chi connectivity index (χ3n) is 4.30. The van der Waals surface area contributed by atoms with Crippen LogP contribution < -0.4 is 22.1 Å². The van der Waals surface area contributed by atoms with Gasteiger partial charge >= 0.3 is 6.03 Å². The van der Waals surface area contributed by atoms with E-state index in [-0.39, 0.29) is 6.54 Å². The Labute approximate surface area is 168 Å². The van der Waals surface area contributed by atoms with E-state index >= 15 is 0 Å². The molecule has 0 radical (unpaired) electrons. The number of hydrogen-bond acceptors (Lipinski definition) is 7. The van der Waals surface area contributed by atoms with Crippen molar-refractivity contribution in [2.45, 2.75) is 19.4 Å². The van der Waals surface area contributed by atoms with Crippen molar-refractivity contribution in [3.63, 3.8) is 0 Å². The zero-order valence-electron chi connectivity index (χ0n) is 16.1. The first-order valence-corrected chi connectivity index (χ1v) is 9.00. The third-order valence-corrected chi connectivity index (χ3v) is 4.30. The molecule has 0 spiro atoms. The van der Waals surface area contributed by atoms with Crippen molar-refractivity contribution in [3.8, 4) is 0 Å². The molecule has 0 aliphatic heterocycles. The highest BCUT2D eigenvalue weighted by molar-refractivity contribution is 6.15. The van der Waals surface area contributed by atoms with Crippen LogP contribution in [0.5, 0.6) is 0 Å². The molecule has 1 aromatic carbocycles. The van der Waals surface area contributed by atoms with Gasteiger partial charge < -0.3 is 38.0 Å². The summed E-state index contributed by atoms with van der Waals surface area (Å²) in [6.07, 6.45) is 4.69. The third kappa shape index (κ3) is 5.17. The number of nitrogens with zero attached hydrogens (tertiary/aromatic N) is 1. The van der Waals surface area contributed by atoms with Crippen LogP contribution >= 0.6 is 0 Å². The molecule has 0 bridgehead atoms. The van der Waals surface area contributed by atoms with E-state index in [2.05, 4.69) is 15.6 Å². The van der Waals surface area contributed by atoms with Gasteiger partial charge in [0.1, 0.15) is 0 Å². The monoisotopic (exact) mass is 395 g/mol. The van der Waals surface area contributed by atoms with Gasteiger partial charge in [0.15, 0.2) is 0 Å². The number of fused-ring (bicyclic) bond motifs is 1. The predicted octanol–water partition coefficient (Wildman–Crippen LogP) is 2.03. The molecule has 152 valence electrons. The molecule has 2 aromatic rings. The zero-order chi connectivity index (χ0) is 21.4. The molecule has 9 N–H and O–H groups in total. The Kier molecular flexibility index (Phi) is 7.44. The normalized spacial score (nSPS) is 13.0. The molecule has 0 saturated heterocycles. The fraction of sp³-hybridized carbons (Fsp3) is 0.200. The van der Waals surface area contributed by atoms with E-state index in [0.29, 0.717) is 45.4 Å². The first kappa shape index (κ1) is 21.6. The van der Waals surface area contributed by atoms with Crippen LogP contribution in [0, 0.1) is 10.8 Å². The second kappa shape index (κ2) is 10.00. The summed E-state index contributed by atoms with van der Waals surface area (Å²) in [6.45, 7) is 1.99. The molecule has 1 heterocycles. The first-order valence-electron chi connectivity index (χ1n) is 9.00. The van der Waals surface area contributed by atoms with Gasteiger partial charge in [-0.1, -0.05) is 6.92 Å². The summed E-state index contributed by atoms with van der Waals surface area (Å²) in [5, 5.41) is 30.7. The number of rotatable bonds is 8. The Morgan fingerprint density at radius 2 is 1.90 bits per heavy atom. The number of nitrogens with two attached hydrogens (primary N) is 2. The minimum atomic E-state index is -0.594. The molecule has 2 rings (SSSR count). The van der Waals surface area contributed by atoms with E-state index in [1.807, 2.05) is 6.92 Å². The number of nitrogens with one attached hydrogen (secondary N) is 4. The average Bonchev–Trinajstić information content (AvgIpc) is 2.73. The lowest BCUT2D eigenvalue weighted by Crippen LogP contribution is -2.34. The second-order valence-electron chi connectivity index (χ2n) is 6.22. The van der Waals surface area contributed by atoms with E-state index < -0.39 is 12.1 Å². The summed E-state index contributed by atoms with van der Waals surface area (Å²) in [7, 11) is 0. The van der Waals surface area contributed by atoms with Gasteiger partial charge in [0.25, 0.3) is 0 Å². The largest absolute Gasteiger partial charge is 0.404 e. The van der Waals surface area contributed by atoms with Gasteiger partial charge in [-0.2, -0.15) is 0 Å². The number of anilines is 1. The summed E-state index contributed by atoms with van der Waals surface area (Å²) in [4.78, 5) is 16.6. The topological polar surface area (TPSA) is 174 Å². The minimum absolute atomic E-state index is 0.160. The number of carbonyl (C=O) groups is 1. The summed E-state index contributed by atoms with van der Waals surface area (Å²) < 4.78 is 0. The molecule has 1 unspecified atom stereocenters. The van der Waals surface area contributed by atoms with Crippen molar-refractivity contribution in [2.75, 3.05) is 11.9 Å². The van der Waals surface area contributed by atoms with Crippen LogP contribution in [-0.4, -0.2) is 41.2 Å². The molecule has 0 aliphatic carbocycles. The first-order chi connectivity index (χ1) is 14.0. The Morgan fingerprint density at radius 1 is 1.21 bits per heavy atom. The lowest BCUT2D eigenvalue weighted by atomic mass is 9.99. The molecule has 0 saturated carbocycles. The van der Waals surface area contributed by atoms with E-state index in [1.165, 1.54) is 12.4 Å². The smallest absolute Gasteiger partial charge is 0.319 e. The van der Waals surface area contributed by atoms with E-state index in [9.17, 15) is 9.90 Å². The Bertz CT molecular complexity index is 982. The van der Waals surface area contributed by atoms with Crippen LogP contribution in [-0.2, 0) is 0 Å². The fourth-order valence-electron chi connectivity index (χ4n) is 2.64. The van der Waals surface area contributed by atoms with Crippen LogP contribution in [0.2, 0.25) is 0 Å². The summed E-state index contributed by atoms with van der Waals surface area (Å²) >= 11 is 0. The van der Waals surface area contributed by atoms with Gasteiger partial charge in [0.05, 0.1) is 17.3 Å². The minimum Gasteiger partial charge on any atom is -0.404 e. The SMILES string of the molecule is CCC(O)CNC(=O)Nc1ccc2nc(/C(C=N)=C/N)c(/C(C=N)=C/N)cc2c1. The molecule has 1 atom stereocenters. The molecule has 9 nitrogen and oxygen atoms in total. The molecule has 1 aromatic heterocycles. The Hall–Kier alpha value is -3.72. The highest BCUT2D eigenvalue weighted by Gasteiger charge is 2.14. The van der Waals surface area contributed by atoms with Crippen LogP contribution in [0.3, 0.4) is 0 Å². The summed E-state index contributed by atoms with van der Waals surface area (Å²) in [5.74, 6) is 0. The number of amides is 2. The lowest BCUT2D eigenvalue weighted by Gasteiger charge is -2.13. The molecular formula is C20H25N7O2. The van der Waals surface area contributed by atoms with Gasteiger partial charge in [-0.3, -0.25) is 0 Å². The quantitative estimate of drug-likeness (QED) is 0.338. The van der Waals surface area contributed by atoms with Crippen molar-refractivity contribution < 1.29 is 9.90 Å². The summed E-state index contributed by atoms with van der Waals surface area (Å²) in [6, 6.07) is 6.51. The van der Waals surface area contributed by atoms with Gasteiger partial charge in [-0.15, -0.1) is 0 Å². The molecule has 0 fully saturated rings. The van der Waals surface area contributed by atoms with Gasteiger partial charge in [0.2, 0.25) is 0 Å². The predicted molar refractivity (Wildman–Crippen MR) is 117 cm³/mol. The maximum atomic E-state index is 12.0. The molecular weight excluding hydrogens is 370 g/mol. The van der Waals surface area contributed by atoms with Crippen LogP contribution in [0.15, 0.2) is 36.7 Å². The highest BCUT2D eigenvalue weighted by Crippen LogP contribution is 2.27. The van der Waals surface area contributed by atoms with Crippen molar-refractivity contribution in [1.82, 2.24) is 10.3 Å². The Morgan fingerprint density at radius 3 is 2.48 bits per heavy atom. The fourth-order valence-corrected chi connectivity index (χ4v) is 2.64. The number of aromatic nitrogens is 1. The second-order valence-corrected chi connectivity index (χ2v) is 6.22. The van der Waals surface area contributed by atoms with E-state index in [0.717, 1.165) is 12.4 Å². The average molecular weight is 395 g/mol. The van der Waals surface area contributed by atoms with Gasteiger partial charge in [0, 0.05) is 59.2 Å². The number of aliphatic hydroxyl groups is 1. The van der Waals surface area contributed by atoms with Crippen LogP contribution in [0.4, 0.5) is 10.5 Å². The molecule has 9 heteroatoms. The van der Waals surface area contributed by atoms with Crippen LogP contribution in [0.1, 0.15) is 24.6 Å². The molecule has 2 amide bonds. The lowest BCUT2D eigenvalue weighted by molar-refractivity contribution is 0.168. The van der Waals surface area contributed by atoms with Gasteiger partial charge in [-0.25, -0.2) is 9.78 Å². The zero-order valence-corrected chi connectivity index (χ0v) is 16.1. The molecule has 29 heavy (non-hydrogen) atoms. The number of aliphatic hydroxyl groups excluding tert-OH is 1. The van der Waals surface area contributed by atoms with E-state index in [1.54, 1.807) is 24.3 Å². The maximum Gasteiger partial charge on any atom is 0.319 e. The standard InChI is InChI=1S/C20H25N7O2/c1-2-16(28)11-25-20(29)26-15-3-4-18-12(5-15)6-17(13(7-21)8-22)19(27-18)14(9-23)10-24/h3-10,16,21,23,28H,2,11,22,24H2,1H3,(H2,25,26,29)/b13-8+,14-10+,21-7?,23-9?. The summed E-state index contributed by atoms with van der Waals surface area (Å²) in [5.41, 5.74) is 14.2. The van der Waals surface area contributed by atoms with Crippen molar-refractivity contribution >= 4 is 46.2 Å². The highest BCUT2D eigenvalue weighted by atomic mass is 16.3.